The molecule has 1 N–H and O–H groups in total. The lowest BCUT2D eigenvalue weighted by Crippen LogP contribution is -2.34. The number of hydrogen-bond donors (Lipinski definition) is 1. The molecule has 0 aliphatic carbocycles. The van der Waals surface area contributed by atoms with Crippen LogP contribution in [0.5, 0.6) is 6.01 Å². The molecule has 1 unspecified atom stereocenters. The van der Waals surface area contributed by atoms with Crippen molar-refractivity contribution in [2.24, 2.45) is 0 Å². The zero-order valence-electron chi connectivity index (χ0n) is 10.8. The summed E-state index contributed by atoms with van der Waals surface area (Å²) < 4.78 is 4.99. The van der Waals surface area contributed by atoms with Gasteiger partial charge in [-0.15, -0.1) is 0 Å². The summed E-state index contributed by atoms with van der Waals surface area (Å²) in [5, 5.41) is 3.81. The van der Waals surface area contributed by atoms with Crippen LogP contribution >= 0.6 is 11.6 Å². The molecule has 1 fully saturated rings. The summed E-state index contributed by atoms with van der Waals surface area (Å²) in [7, 11) is 1.54. The van der Waals surface area contributed by atoms with Gasteiger partial charge >= 0.3 is 6.01 Å². The first kappa shape index (κ1) is 13.4. The number of ether oxygens (including phenoxy) is 1. The van der Waals surface area contributed by atoms with Gasteiger partial charge in [-0.1, -0.05) is 18.5 Å². The Morgan fingerprint density at radius 3 is 3.17 bits per heavy atom. The number of anilines is 1. The molecule has 5 nitrogen and oxygen atoms in total. The maximum Gasteiger partial charge on any atom is 0.318 e. The molecule has 1 saturated heterocycles. The van der Waals surface area contributed by atoms with E-state index < -0.39 is 0 Å². The van der Waals surface area contributed by atoms with Gasteiger partial charge in [0.2, 0.25) is 0 Å². The molecule has 0 radical (unpaired) electrons. The van der Waals surface area contributed by atoms with E-state index in [9.17, 15) is 0 Å². The Labute approximate surface area is 113 Å². The van der Waals surface area contributed by atoms with Crippen LogP contribution in [0.3, 0.4) is 0 Å². The summed E-state index contributed by atoms with van der Waals surface area (Å²) in [5.74, 6) is 0.645. The van der Waals surface area contributed by atoms with Crippen molar-refractivity contribution in [3.8, 4) is 6.01 Å². The summed E-state index contributed by atoms with van der Waals surface area (Å²) >= 11 is 6.05. The van der Waals surface area contributed by atoms with Crippen molar-refractivity contribution in [3.05, 3.63) is 11.2 Å². The van der Waals surface area contributed by atoms with Crippen molar-refractivity contribution in [1.29, 1.82) is 0 Å². The molecular weight excluding hydrogens is 252 g/mol. The van der Waals surface area contributed by atoms with Crippen LogP contribution in [0.2, 0.25) is 5.02 Å². The second-order valence-corrected chi connectivity index (χ2v) is 4.77. The molecule has 2 heterocycles. The molecule has 1 aromatic rings. The minimum atomic E-state index is 0.334. The molecule has 1 aliphatic rings. The third-order valence-electron chi connectivity index (χ3n) is 3.31. The molecule has 0 bridgehead atoms. The molecule has 18 heavy (non-hydrogen) atoms. The van der Waals surface area contributed by atoms with Gasteiger partial charge in [0.15, 0.2) is 5.82 Å². The van der Waals surface area contributed by atoms with Gasteiger partial charge in [0.1, 0.15) is 5.02 Å². The minimum Gasteiger partial charge on any atom is -0.467 e. The van der Waals surface area contributed by atoms with E-state index in [0.717, 1.165) is 13.1 Å². The number of hydrogen-bond acceptors (Lipinski definition) is 5. The van der Waals surface area contributed by atoms with Gasteiger partial charge in [0, 0.05) is 12.6 Å². The second kappa shape index (κ2) is 6.20. The van der Waals surface area contributed by atoms with Crippen LogP contribution in [0.15, 0.2) is 6.20 Å². The number of methoxy groups -OCH3 is 1. The number of likely N-dealkylation sites (tertiary alicyclic amines) is 1. The van der Waals surface area contributed by atoms with Gasteiger partial charge in [-0.2, -0.15) is 4.98 Å². The van der Waals surface area contributed by atoms with E-state index in [1.807, 2.05) is 0 Å². The summed E-state index contributed by atoms with van der Waals surface area (Å²) in [5.41, 5.74) is 0. The second-order valence-electron chi connectivity index (χ2n) is 4.36. The van der Waals surface area contributed by atoms with E-state index in [1.54, 1.807) is 13.3 Å². The summed E-state index contributed by atoms with van der Waals surface area (Å²) in [6.45, 7) is 5.32. The van der Waals surface area contributed by atoms with Crippen LogP contribution in [0.25, 0.3) is 0 Å². The van der Waals surface area contributed by atoms with Gasteiger partial charge in [-0.3, -0.25) is 4.90 Å². The fourth-order valence-electron chi connectivity index (χ4n) is 2.33. The van der Waals surface area contributed by atoms with E-state index in [0.29, 0.717) is 22.9 Å². The van der Waals surface area contributed by atoms with Crippen LogP contribution in [-0.4, -0.2) is 47.7 Å². The van der Waals surface area contributed by atoms with Gasteiger partial charge in [0.25, 0.3) is 0 Å². The largest absolute Gasteiger partial charge is 0.467 e. The number of rotatable bonds is 5. The molecule has 0 saturated carbocycles. The van der Waals surface area contributed by atoms with E-state index in [4.69, 9.17) is 16.3 Å². The third-order valence-corrected chi connectivity index (χ3v) is 3.59. The number of likely N-dealkylation sites (N-methyl/N-ethyl adjacent to an activating group) is 1. The van der Waals surface area contributed by atoms with Gasteiger partial charge < -0.3 is 10.1 Å². The normalized spacial score (nSPS) is 20.1. The predicted molar refractivity (Wildman–Crippen MR) is 72.4 cm³/mol. The highest BCUT2D eigenvalue weighted by atomic mass is 35.5. The SMILES string of the molecule is CCN1CCCC1CNc1nc(OC)ncc1Cl. The van der Waals surface area contributed by atoms with Gasteiger partial charge in [0.05, 0.1) is 13.3 Å². The van der Waals surface area contributed by atoms with Crippen molar-refractivity contribution in [2.45, 2.75) is 25.8 Å². The molecule has 0 spiro atoms. The Kier molecular flexibility index (Phi) is 4.60. The van der Waals surface area contributed by atoms with Crippen molar-refractivity contribution in [3.63, 3.8) is 0 Å². The maximum absolute atomic E-state index is 6.05. The van der Waals surface area contributed by atoms with Crippen LogP contribution in [-0.2, 0) is 0 Å². The number of nitrogens with one attached hydrogen (secondary N) is 1. The topological polar surface area (TPSA) is 50.3 Å². The Hall–Kier alpha value is -1.07. The molecule has 0 aromatic carbocycles. The smallest absolute Gasteiger partial charge is 0.318 e. The molecule has 1 atom stereocenters. The molecule has 0 amide bonds. The average Bonchev–Trinajstić information content (AvgIpc) is 2.85. The average molecular weight is 271 g/mol. The van der Waals surface area contributed by atoms with Gasteiger partial charge in [-0.05, 0) is 25.9 Å². The van der Waals surface area contributed by atoms with Crippen LogP contribution in [0.1, 0.15) is 19.8 Å². The third kappa shape index (κ3) is 3.03. The molecule has 6 heteroatoms. The van der Waals surface area contributed by atoms with Crippen molar-refractivity contribution in [2.75, 3.05) is 32.1 Å². The first-order valence-electron chi connectivity index (χ1n) is 6.29. The first-order valence-corrected chi connectivity index (χ1v) is 6.66. The van der Waals surface area contributed by atoms with Crippen molar-refractivity contribution < 1.29 is 4.74 Å². The highest BCUT2D eigenvalue weighted by molar-refractivity contribution is 6.32. The molecule has 1 aromatic heterocycles. The highest BCUT2D eigenvalue weighted by Gasteiger charge is 2.22. The fraction of sp³-hybridized carbons (Fsp3) is 0.667. The van der Waals surface area contributed by atoms with Crippen LogP contribution in [0, 0.1) is 0 Å². The molecule has 100 valence electrons. The Morgan fingerprint density at radius 1 is 1.61 bits per heavy atom. The van der Waals surface area contributed by atoms with Crippen LogP contribution in [0.4, 0.5) is 5.82 Å². The Morgan fingerprint density at radius 2 is 2.44 bits per heavy atom. The molecule has 2 rings (SSSR count). The summed E-state index contributed by atoms with van der Waals surface area (Å²) in [6.07, 6.45) is 4.05. The molecule has 1 aliphatic heterocycles. The van der Waals surface area contributed by atoms with Crippen LogP contribution < -0.4 is 10.1 Å². The Bertz CT molecular complexity index is 402. The van der Waals surface area contributed by atoms with E-state index in [1.165, 1.54) is 19.4 Å². The standard InChI is InChI=1S/C12H19ClN4O/c1-3-17-6-4-5-9(17)7-14-11-10(13)8-15-12(16-11)18-2/h8-9H,3-7H2,1-2H3,(H,14,15,16). The fourth-order valence-corrected chi connectivity index (χ4v) is 2.49. The lowest BCUT2D eigenvalue weighted by molar-refractivity contribution is 0.277. The summed E-state index contributed by atoms with van der Waals surface area (Å²) in [4.78, 5) is 10.6. The minimum absolute atomic E-state index is 0.334. The molecular formula is C12H19ClN4O. The lowest BCUT2D eigenvalue weighted by atomic mass is 10.2. The lowest BCUT2D eigenvalue weighted by Gasteiger charge is -2.23. The Balaban J connectivity index is 1.97. The maximum atomic E-state index is 6.05. The van der Waals surface area contributed by atoms with Crippen molar-refractivity contribution in [1.82, 2.24) is 14.9 Å². The summed E-state index contributed by atoms with van der Waals surface area (Å²) in [6, 6.07) is 0.896. The number of nitrogens with zero attached hydrogens (tertiary/aromatic N) is 3. The van der Waals surface area contributed by atoms with Gasteiger partial charge in [-0.25, -0.2) is 4.98 Å². The van der Waals surface area contributed by atoms with E-state index in [-0.39, 0.29) is 0 Å². The monoisotopic (exact) mass is 270 g/mol. The predicted octanol–water partition coefficient (Wildman–Crippen LogP) is 2.03. The van der Waals surface area contributed by atoms with E-state index >= 15 is 0 Å². The van der Waals surface area contributed by atoms with Crippen molar-refractivity contribution >= 4 is 17.4 Å². The quantitative estimate of drug-likeness (QED) is 0.887. The van der Waals surface area contributed by atoms with E-state index in [2.05, 4.69) is 27.1 Å². The zero-order chi connectivity index (χ0) is 13.0. The zero-order valence-corrected chi connectivity index (χ0v) is 11.6. The first-order chi connectivity index (χ1) is 8.74. The number of halogens is 1. The number of aromatic nitrogens is 2. The highest BCUT2D eigenvalue weighted by Crippen LogP contribution is 2.22.